The number of rotatable bonds is 1. The summed E-state index contributed by atoms with van der Waals surface area (Å²) in [4.78, 5) is 17.5. The molecular weight excluding hydrogens is 399 g/mol. The minimum absolute atomic E-state index is 0.0607. The van der Waals surface area contributed by atoms with Crippen molar-refractivity contribution in [3.05, 3.63) is 44.7 Å². The molecule has 0 amide bonds. The van der Waals surface area contributed by atoms with Crippen molar-refractivity contribution in [3.63, 3.8) is 0 Å². The second-order valence-corrected chi connectivity index (χ2v) is 8.44. The van der Waals surface area contributed by atoms with Crippen molar-refractivity contribution in [1.29, 1.82) is 5.26 Å². The topological polar surface area (TPSA) is 53.2 Å². The highest BCUT2D eigenvalue weighted by atomic mass is 127. The van der Waals surface area contributed by atoms with Gasteiger partial charge < -0.3 is 0 Å². The van der Waals surface area contributed by atoms with Crippen molar-refractivity contribution < 1.29 is 4.79 Å². The molecule has 2 aliphatic rings. The van der Waals surface area contributed by atoms with E-state index in [0.29, 0.717) is 6.42 Å². The molecule has 2 atom stereocenters. The number of carbonyl (C=O) groups is 1. The Balaban J connectivity index is 2.19. The quantitative estimate of drug-likeness (QED) is 0.625. The van der Waals surface area contributed by atoms with Gasteiger partial charge in [-0.3, -0.25) is 9.79 Å². The summed E-state index contributed by atoms with van der Waals surface area (Å²) < 4.78 is 1.11. The molecule has 1 aromatic carbocycles. The second-order valence-electron chi connectivity index (χ2n) is 7.19. The van der Waals surface area contributed by atoms with E-state index in [0.717, 1.165) is 32.5 Å². The van der Waals surface area contributed by atoms with Crippen LogP contribution in [0.3, 0.4) is 0 Å². The van der Waals surface area contributed by atoms with Crippen LogP contribution < -0.4 is 0 Å². The highest BCUT2D eigenvalue weighted by molar-refractivity contribution is 14.1. The molecule has 0 spiro atoms. The largest absolute Gasteiger partial charge is 0.294 e. The van der Waals surface area contributed by atoms with Crippen molar-refractivity contribution >= 4 is 34.1 Å². The van der Waals surface area contributed by atoms with E-state index in [1.807, 2.05) is 25.1 Å². The fourth-order valence-corrected chi connectivity index (χ4v) is 4.24. The first-order valence-corrected chi connectivity index (χ1v) is 8.87. The molecule has 0 fully saturated rings. The fraction of sp³-hybridized carbons (Fsp3) is 0.421. The average molecular weight is 418 g/mol. The zero-order valence-electron chi connectivity index (χ0n) is 13.6. The summed E-state index contributed by atoms with van der Waals surface area (Å²) in [6, 6.07) is 10.5. The summed E-state index contributed by atoms with van der Waals surface area (Å²) in [5, 5.41) is 9.68. The number of Topliss-reactive ketones (excluding diaryl/α,β-unsaturated/α-hetero) is 1. The lowest BCUT2D eigenvalue weighted by Gasteiger charge is -2.37. The predicted octanol–water partition coefficient (Wildman–Crippen LogP) is 4.63. The Morgan fingerprint density at radius 1 is 1.35 bits per heavy atom. The van der Waals surface area contributed by atoms with E-state index in [-0.39, 0.29) is 23.0 Å². The molecule has 3 nitrogen and oxygen atoms in total. The molecule has 4 heteroatoms. The number of hydrogen-bond acceptors (Lipinski definition) is 3. The smallest absolute Gasteiger partial charge is 0.161 e. The van der Waals surface area contributed by atoms with Crippen molar-refractivity contribution in [2.75, 3.05) is 0 Å². The molecule has 1 aliphatic heterocycles. The first-order valence-electron chi connectivity index (χ1n) is 7.79. The van der Waals surface area contributed by atoms with E-state index < -0.39 is 0 Å². The van der Waals surface area contributed by atoms with Crippen molar-refractivity contribution in [2.24, 2.45) is 16.3 Å². The van der Waals surface area contributed by atoms with Crippen LogP contribution in [0, 0.1) is 26.2 Å². The molecule has 1 heterocycles. The zero-order chi connectivity index (χ0) is 16.8. The maximum Gasteiger partial charge on any atom is 0.161 e. The minimum atomic E-state index is -0.364. The van der Waals surface area contributed by atoms with Gasteiger partial charge in [-0.2, -0.15) is 5.26 Å². The van der Waals surface area contributed by atoms with Crippen LogP contribution in [0.15, 0.2) is 40.5 Å². The molecule has 0 saturated heterocycles. The van der Waals surface area contributed by atoms with E-state index >= 15 is 0 Å². The maximum absolute atomic E-state index is 12.8. The van der Waals surface area contributed by atoms with Crippen LogP contribution in [0.2, 0.25) is 0 Å². The number of carbonyl (C=O) groups excluding carboxylic acids is 1. The Hall–Kier alpha value is -1.48. The molecule has 1 aromatic rings. The van der Waals surface area contributed by atoms with Gasteiger partial charge in [-0.1, -0.05) is 26.0 Å². The number of allylic oxidation sites excluding steroid dienone is 2. The van der Waals surface area contributed by atoms with Gasteiger partial charge >= 0.3 is 0 Å². The SMILES string of the molecule is CC1=NC2=C(C(=O)CC(C)(C)C2)[C@@H](c2cccc(I)c2)C1C#N. The van der Waals surface area contributed by atoms with Gasteiger partial charge in [0.1, 0.15) is 0 Å². The van der Waals surface area contributed by atoms with Gasteiger partial charge in [0.15, 0.2) is 5.78 Å². The lowest BCUT2D eigenvalue weighted by Crippen LogP contribution is -2.35. The number of aliphatic imine (C=N–C) groups is 1. The van der Waals surface area contributed by atoms with Crippen molar-refractivity contribution in [1.82, 2.24) is 0 Å². The number of halogens is 1. The van der Waals surface area contributed by atoms with Gasteiger partial charge in [-0.05, 0) is 59.0 Å². The highest BCUT2D eigenvalue weighted by Crippen LogP contribution is 2.47. The molecule has 118 valence electrons. The monoisotopic (exact) mass is 418 g/mol. The van der Waals surface area contributed by atoms with Crippen molar-refractivity contribution in [2.45, 2.75) is 39.5 Å². The van der Waals surface area contributed by atoms with E-state index in [4.69, 9.17) is 0 Å². The molecular formula is C19H19IN2O. The fourth-order valence-electron chi connectivity index (χ4n) is 3.67. The molecule has 23 heavy (non-hydrogen) atoms. The van der Waals surface area contributed by atoms with E-state index in [9.17, 15) is 10.1 Å². The molecule has 1 aliphatic carbocycles. The summed E-state index contributed by atoms with van der Waals surface area (Å²) in [5.74, 6) is -0.403. The van der Waals surface area contributed by atoms with Gasteiger partial charge in [0, 0.05) is 32.9 Å². The van der Waals surface area contributed by atoms with Gasteiger partial charge in [-0.25, -0.2) is 0 Å². The van der Waals surface area contributed by atoms with Gasteiger partial charge in [-0.15, -0.1) is 0 Å². The Kier molecular flexibility index (Phi) is 4.18. The lowest BCUT2D eigenvalue weighted by atomic mass is 9.67. The normalized spacial score (nSPS) is 26.4. The standard InChI is InChI=1S/C19H19IN2O/c1-11-14(10-21)17(12-5-4-6-13(20)7-12)18-15(22-11)8-19(2,3)9-16(18)23/h4-7,14,17H,8-9H2,1-3H3/t14?,17-/m0/s1. The van der Waals surface area contributed by atoms with Crippen LogP contribution >= 0.6 is 22.6 Å². The molecule has 1 unspecified atom stereocenters. The average Bonchev–Trinajstić information content (AvgIpc) is 2.44. The number of nitriles is 1. The Bertz CT molecular complexity index is 783. The molecule has 0 N–H and O–H groups in total. The molecule has 0 radical (unpaired) electrons. The number of nitrogens with zero attached hydrogens (tertiary/aromatic N) is 2. The minimum Gasteiger partial charge on any atom is -0.294 e. The van der Waals surface area contributed by atoms with Crippen molar-refractivity contribution in [3.8, 4) is 6.07 Å². The predicted molar refractivity (Wildman–Crippen MR) is 99.2 cm³/mol. The zero-order valence-corrected chi connectivity index (χ0v) is 15.7. The van der Waals surface area contributed by atoms with E-state index in [2.05, 4.69) is 53.6 Å². The van der Waals surface area contributed by atoms with Crippen LogP contribution in [-0.2, 0) is 4.79 Å². The first-order chi connectivity index (χ1) is 10.8. The van der Waals surface area contributed by atoms with Gasteiger partial charge in [0.25, 0.3) is 0 Å². The van der Waals surface area contributed by atoms with Gasteiger partial charge in [0.2, 0.25) is 0 Å². The van der Waals surface area contributed by atoms with E-state index in [1.165, 1.54) is 0 Å². The number of hydrogen-bond donors (Lipinski definition) is 0. The molecule has 0 bridgehead atoms. The first kappa shape index (κ1) is 16.4. The maximum atomic E-state index is 12.8. The van der Waals surface area contributed by atoms with Crippen LogP contribution in [0.5, 0.6) is 0 Å². The summed E-state index contributed by atoms with van der Waals surface area (Å²) in [6.45, 7) is 6.12. The number of ketones is 1. The number of benzene rings is 1. The molecule has 0 saturated carbocycles. The third-order valence-electron chi connectivity index (χ3n) is 4.65. The highest BCUT2D eigenvalue weighted by Gasteiger charge is 2.43. The van der Waals surface area contributed by atoms with Gasteiger partial charge in [0.05, 0.1) is 12.0 Å². The molecule has 3 rings (SSSR count). The Morgan fingerprint density at radius 3 is 2.74 bits per heavy atom. The van der Waals surface area contributed by atoms with Crippen LogP contribution in [-0.4, -0.2) is 11.5 Å². The summed E-state index contributed by atoms with van der Waals surface area (Å²) in [6.07, 6.45) is 1.32. The summed E-state index contributed by atoms with van der Waals surface area (Å²) in [7, 11) is 0. The van der Waals surface area contributed by atoms with Crippen LogP contribution in [0.25, 0.3) is 0 Å². The second kappa shape index (κ2) is 5.86. The van der Waals surface area contributed by atoms with Crippen LogP contribution in [0.4, 0.5) is 0 Å². The molecule has 0 aromatic heterocycles. The Morgan fingerprint density at radius 2 is 2.09 bits per heavy atom. The van der Waals surface area contributed by atoms with E-state index in [1.54, 1.807) is 0 Å². The Labute approximate surface area is 150 Å². The third-order valence-corrected chi connectivity index (χ3v) is 5.32. The summed E-state index contributed by atoms with van der Waals surface area (Å²) in [5.41, 5.74) is 3.45. The summed E-state index contributed by atoms with van der Waals surface area (Å²) >= 11 is 2.27. The lowest BCUT2D eigenvalue weighted by molar-refractivity contribution is -0.118. The van der Waals surface area contributed by atoms with Crippen LogP contribution in [0.1, 0.15) is 45.1 Å². The third kappa shape index (κ3) is 2.99.